The van der Waals surface area contributed by atoms with E-state index in [0.29, 0.717) is 5.82 Å². The molecule has 2 aromatic rings. The Balaban J connectivity index is 1.49. The van der Waals surface area contributed by atoms with Crippen LogP contribution >= 0.6 is 0 Å². The number of urea groups is 1. The lowest BCUT2D eigenvalue weighted by molar-refractivity contribution is -0.131. The van der Waals surface area contributed by atoms with Gasteiger partial charge in [0.2, 0.25) is 5.91 Å². The number of imide groups is 1. The van der Waals surface area contributed by atoms with E-state index in [1.165, 1.54) is 0 Å². The van der Waals surface area contributed by atoms with Crippen molar-refractivity contribution < 1.29 is 14.4 Å². The van der Waals surface area contributed by atoms with Crippen LogP contribution in [-0.4, -0.2) is 45.8 Å². The number of aromatic nitrogens is 2. The second-order valence-electron chi connectivity index (χ2n) is 6.61. The average Bonchev–Trinajstić information content (AvgIpc) is 3.00. The number of rotatable bonds is 4. The molecular weight excluding hydrogens is 346 g/mol. The maximum Gasteiger partial charge on any atom is 0.325 e. The van der Waals surface area contributed by atoms with Crippen LogP contribution in [0.5, 0.6) is 0 Å². The number of amides is 4. The highest BCUT2D eigenvalue weighted by atomic mass is 16.2. The largest absolute Gasteiger partial charge is 0.348 e. The van der Waals surface area contributed by atoms with Crippen molar-refractivity contribution in [2.45, 2.75) is 25.3 Å². The van der Waals surface area contributed by atoms with Gasteiger partial charge in [0.25, 0.3) is 5.91 Å². The summed E-state index contributed by atoms with van der Waals surface area (Å²) in [6, 6.07) is 9.00. The second-order valence-corrected chi connectivity index (χ2v) is 6.61. The summed E-state index contributed by atoms with van der Waals surface area (Å²) in [4.78, 5) is 45.6. The Morgan fingerprint density at radius 2 is 2.07 bits per heavy atom. The van der Waals surface area contributed by atoms with Crippen molar-refractivity contribution in [1.29, 1.82) is 0 Å². The zero-order valence-electron chi connectivity index (χ0n) is 14.6. The first-order valence-corrected chi connectivity index (χ1v) is 8.90. The number of benzene rings is 1. The minimum atomic E-state index is -0.532. The van der Waals surface area contributed by atoms with Crippen LogP contribution in [0.2, 0.25) is 0 Å². The van der Waals surface area contributed by atoms with Crippen LogP contribution in [0.1, 0.15) is 30.1 Å². The summed E-state index contributed by atoms with van der Waals surface area (Å²) >= 11 is 0. The molecule has 0 bridgehead atoms. The predicted molar refractivity (Wildman–Crippen MR) is 96.4 cm³/mol. The Bertz CT molecular complexity index is 883. The van der Waals surface area contributed by atoms with Gasteiger partial charge in [-0.2, -0.15) is 0 Å². The molecule has 138 valence electrons. The average molecular weight is 365 g/mol. The minimum Gasteiger partial charge on any atom is -0.348 e. The van der Waals surface area contributed by atoms with Gasteiger partial charge in [-0.05, 0) is 19.3 Å². The number of nitrogens with one attached hydrogen (secondary N) is 2. The van der Waals surface area contributed by atoms with Crippen LogP contribution < -0.4 is 10.6 Å². The Morgan fingerprint density at radius 1 is 1.26 bits per heavy atom. The number of aryl methyl sites for hydroxylation is 1. The molecule has 0 spiro atoms. The van der Waals surface area contributed by atoms with Crippen LogP contribution in [0.25, 0.3) is 11.4 Å². The normalized spacial score (nSPS) is 18.8. The topological polar surface area (TPSA) is 104 Å². The Labute approximate surface area is 156 Å². The number of hydrogen-bond donors (Lipinski definition) is 2. The molecule has 1 aliphatic heterocycles. The zero-order valence-corrected chi connectivity index (χ0v) is 14.6. The van der Waals surface area contributed by atoms with E-state index in [0.717, 1.165) is 41.0 Å². The summed E-state index contributed by atoms with van der Waals surface area (Å²) in [5.41, 5.74) is 2.77. The molecule has 1 saturated heterocycles. The molecule has 1 aliphatic carbocycles. The fourth-order valence-corrected chi connectivity index (χ4v) is 3.42. The number of hydrogen-bond acceptors (Lipinski definition) is 5. The first kappa shape index (κ1) is 17.1. The van der Waals surface area contributed by atoms with Gasteiger partial charge in [-0.15, -0.1) is 0 Å². The summed E-state index contributed by atoms with van der Waals surface area (Å²) in [6.45, 7) is -0.339. The van der Waals surface area contributed by atoms with Crippen molar-refractivity contribution in [3.05, 3.63) is 47.8 Å². The van der Waals surface area contributed by atoms with E-state index in [2.05, 4.69) is 20.6 Å². The molecule has 4 amide bonds. The quantitative estimate of drug-likeness (QED) is 0.792. The highest BCUT2D eigenvalue weighted by Crippen LogP contribution is 2.29. The zero-order chi connectivity index (χ0) is 18.8. The number of nitrogens with zero attached hydrogens (tertiary/aromatic N) is 3. The first-order valence-electron chi connectivity index (χ1n) is 8.90. The van der Waals surface area contributed by atoms with Crippen molar-refractivity contribution in [2.24, 2.45) is 0 Å². The number of carbonyl (C=O) groups excluding carboxylic acids is 3. The van der Waals surface area contributed by atoms with Gasteiger partial charge < -0.3 is 10.6 Å². The summed E-state index contributed by atoms with van der Waals surface area (Å²) in [7, 11) is 0. The van der Waals surface area contributed by atoms with Gasteiger partial charge in [0, 0.05) is 23.0 Å². The molecule has 8 nitrogen and oxygen atoms in total. The Hall–Kier alpha value is -3.29. The lowest BCUT2D eigenvalue weighted by Crippen LogP contribution is -2.42. The van der Waals surface area contributed by atoms with Gasteiger partial charge in [-0.1, -0.05) is 30.3 Å². The fourth-order valence-electron chi connectivity index (χ4n) is 3.42. The van der Waals surface area contributed by atoms with Crippen LogP contribution in [0.15, 0.2) is 36.5 Å². The standard InChI is InChI=1S/C19H19N5O3/c25-16(11-24-17(26)10-21-19(24)27)22-14-7-4-8-15-13(14)9-20-18(23-15)12-5-2-1-3-6-12/h1-3,5-6,9,14H,4,7-8,10-11H2,(H,21,27)(H,22,25). The molecule has 1 aromatic carbocycles. The maximum atomic E-state index is 12.3. The number of fused-ring (bicyclic) bond motifs is 1. The van der Waals surface area contributed by atoms with Crippen molar-refractivity contribution in [3.63, 3.8) is 0 Å². The third kappa shape index (κ3) is 3.51. The summed E-state index contributed by atoms with van der Waals surface area (Å²) < 4.78 is 0. The molecular formula is C19H19N5O3. The van der Waals surface area contributed by atoms with Crippen molar-refractivity contribution in [2.75, 3.05) is 13.1 Å². The van der Waals surface area contributed by atoms with E-state index in [-0.39, 0.29) is 25.0 Å². The van der Waals surface area contributed by atoms with E-state index < -0.39 is 11.9 Å². The van der Waals surface area contributed by atoms with Gasteiger partial charge in [0.1, 0.15) is 6.54 Å². The molecule has 2 N–H and O–H groups in total. The molecule has 8 heteroatoms. The summed E-state index contributed by atoms with van der Waals surface area (Å²) in [5, 5.41) is 5.31. The van der Waals surface area contributed by atoms with E-state index >= 15 is 0 Å². The van der Waals surface area contributed by atoms with E-state index in [9.17, 15) is 14.4 Å². The molecule has 0 radical (unpaired) electrons. The lowest BCUT2D eigenvalue weighted by atomic mass is 9.92. The van der Waals surface area contributed by atoms with Gasteiger partial charge in [-0.3, -0.25) is 14.5 Å². The molecule has 2 heterocycles. The van der Waals surface area contributed by atoms with Crippen LogP contribution in [0.3, 0.4) is 0 Å². The smallest absolute Gasteiger partial charge is 0.325 e. The highest BCUT2D eigenvalue weighted by Gasteiger charge is 2.31. The van der Waals surface area contributed by atoms with Crippen molar-refractivity contribution >= 4 is 17.8 Å². The van der Waals surface area contributed by atoms with Crippen LogP contribution in [0.4, 0.5) is 4.79 Å². The molecule has 0 saturated carbocycles. The van der Waals surface area contributed by atoms with Crippen molar-refractivity contribution in [3.8, 4) is 11.4 Å². The molecule has 1 aromatic heterocycles. The Morgan fingerprint density at radius 3 is 2.81 bits per heavy atom. The lowest BCUT2D eigenvalue weighted by Gasteiger charge is -2.26. The van der Waals surface area contributed by atoms with Gasteiger partial charge in [0.05, 0.1) is 12.6 Å². The molecule has 4 rings (SSSR count). The summed E-state index contributed by atoms with van der Waals surface area (Å²) in [5.74, 6) is -0.0962. The van der Waals surface area contributed by atoms with Crippen LogP contribution in [-0.2, 0) is 16.0 Å². The molecule has 1 fully saturated rings. The Kier molecular flexibility index (Phi) is 4.53. The summed E-state index contributed by atoms with van der Waals surface area (Å²) in [6.07, 6.45) is 4.26. The predicted octanol–water partition coefficient (Wildman–Crippen LogP) is 1.19. The first-order chi connectivity index (χ1) is 13.1. The fraction of sp³-hybridized carbons (Fsp3) is 0.316. The van der Waals surface area contributed by atoms with Gasteiger partial charge in [-0.25, -0.2) is 14.8 Å². The molecule has 2 aliphatic rings. The second kappa shape index (κ2) is 7.14. The highest BCUT2D eigenvalue weighted by molar-refractivity contribution is 6.04. The third-order valence-corrected chi connectivity index (χ3v) is 4.79. The minimum absolute atomic E-state index is 0.0610. The van der Waals surface area contributed by atoms with Crippen LogP contribution in [0, 0.1) is 0 Å². The van der Waals surface area contributed by atoms with Crippen molar-refractivity contribution in [1.82, 2.24) is 25.5 Å². The van der Waals surface area contributed by atoms with E-state index in [4.69, 9.17) is 0 Å². The van der Waals surface area contributed by atoms with E-state index in [1.54, 1.807) is 6.20 Å². The third-order valence-electron chi connectivity index (χ3n) is 4.79. The van der Waals surface area contributed by atoms with E-state index in [1.807, 2.05) is 30.3 Å². The monoisotopic (exact) mass is 365 g/mol. The van der Waals surface area contributed by atoms with Gasteiger partial charge in [0.15, 0.2) is 5.82 Å². The molecule has 1 atom stereocenters. The molecule has 27 heavy (non-hydrogen) atoms. The maximum absolute atomic E-state index is 12.3. The molecule has 1 unspecified atom stereocenters. The SMILES string of the molecule is O=C(CN1C(=O)CNC1=O)NC1CCCc2nc(-c3ccccc3)ncc21. The van der Waals surface area contributed by atoms with Gasteiger partial charge >= 0.3 is 6.03 Å². The number of carbonyl (C=O) groups is 3.